The summed E-state index contributed by atoms with van der Waals surface area (Å²) in [6.07, 6.45) is 8.71. The van der Waals surface area contributed by atoms with E-state index in [0.29, 0.717) is 36.2 Å². The quantitative estimate of drug-likeness (QED) is 0.184. The van der Waals surface area contributed by atoms with E-state index in [-0.39, 0.29) is 0 Å². The summed E-state index contributed by atoms with van der Waals surface area (Å²) in [6, 6.07) is 0. The van der Waals surface area contributed by atoms with Crippen LogP contribution in [0.25, 0.3) is 0 Å². The number of rotatable bonds is 11. The highest BCUT2D eigenvalue weighted by Crippen LogP contribution is 2.50. The van der Waals surface area contributed by atoms with Crippen molar-refractivity contribution < 1.29 is 28.5 Å². The number of hydrogen-bond donors (Lipinski definition) is 3. The first-order chi connectivity index (χ1) is 16.5. The average molecular weight is 531 g/mol. The Morgan fingerprint density at radius 1 is 0.722 bits per heavy atom. The second kappa shape index (κ2) is 28.8. The lowest BCUT2D eigenvalue weighted by atomic mass is 9.57. The summed E-state index contributed by atoms with van der Waals surface area (Å²) in [4.78, 5) is 0. The molecule has 0 fully saturated rings. The number of aliphatic hydroxyl groups excluding tert-OH is 3. The number of unbranched alkanes of at least 4 members (excludes halogenated alkanes) is 1. The molecule has 0 rings (SSSR count). The van der Waals surface area contributed by atoms with Crippen molar-refractivity contribution in [2.45, 2.75) is 141 Å². The summed E-state index contributed by atoms with van der Waals surface area (Å²) in [7, 11) is 1.00. The molecule has 3 N–H and O–H groups in total. The van der Waals surface area contributed by atoms with Gasteiger partial charge in [-0.2, -0.15) is 13.2 Å². The number of alkyl halides is 3. The molecule has 224 valence electrons. The Kier molecular flexibility index (Phi) is 38.6. The summed E-state index contributed by atoms with van der Waals surface area (Å²) < 4.78 is 32.8. The zero-order valence-corrected chi connectivity index (χ0v) is 26.4. The lowest BCUT2D eigenvalue weighted by Gasteiger charge is -2.48. The molecule has 0 radical (unpaired) electrons. The van der Waals surface area contributed by atoms with Crippen molar-refractivity contribution in [2.75, 3.05) is 13.7 Å². The Balaban J connectivity index is -0.000000124. The third-order valence-electron chi connectivity index (χ3n) is 6.68. The molecule has 0 aromatic carbocycles. The fourth-order valence-electron chi connectivity index (χ4n) is 3.70. The highest BCUT2D eigenvalue weighted by Gasteiger charge is 2.41. The van der Waals surface area contributed by atoms with Crippen LogP contribution in [0.15, 0.2) is 0 Å². The van der Waals surface area contributed by atoms with E-state index in [1.165, 1.54) is 25.7 Å². The van der Waals surface area contributed by atoms with Gasteiger partial charge in [-0.3, -0.25) is 0 Å². The molecule has 0 aliphatic heterocycles. The predicted molar refractivity (Wildman–Crippen MR) is 154 cm³/mol. The van der Waals surface area contributed by atoms with Crippen LogP contribution in [0.4, 0.5) is 13.2 Å². The molecule has 0 aromatic heterocycles. The van der Waals surface area contributed by atoms with E-state index in [1.54, 1.807) is 0 Å². The SMILES string of the molecule is C#C.CC.CC.CC(C)CCCC(C)(C)[C@@H](C)C(C)(CCCCO)C(C)C.CC(O)C(F)(F)F.CO. The number of terminal acetylenes is 1. The maximum absolute atomic E-state index is 10.9. The minimum Gasteiger partial charge on any atom is -0.400 e. The Bertz CT molecular complexity index is 431. The van der Waals surface area contributed by atoms with Crippen LogP contribution in [0.2, 0.25) is 0 Å². The number of halogens is 3. The third-order valence-corrected chi connectivity index (χ3v) is 6.68. The standard InChI is InChI=1S/C20H42O.C3H5F3O.2C2H6.C2H2.CH4O/c1-16(2)12-11-13-19(6,7)18(5)20(8,17(3)4)14-9-10-15-21;1-2(7)3(4,5)6;4*1-2/h16-18,21H,9-15H2,1-8H3;2,7H,1H3;2*1-2H3;1-2H;2H,1H3/t18-,20?;;;;;/m1...../s1. The molecule has 3 nitrogen and oxygen atoms in total. The van der Waals surface area contributed by atoms with Crippen LogP contribution in [0, 0.1) is 41.4 Å². The van der Waals surface area contributed by atoms with Crippen molar-refractivity contribution in [3.63, 3.8) is 0 Å². The molecule has 3 atom stereocenters. The highest BCUT2D eigenvalue weighted by molar-refractivity contribution is 4.91. The molecule has 0 saturated heterocycles. The third kappa shape index (κ3) is 26.3. The maximum atomic E-state index is 10.9. The summed E-state index contributed by atoms with van der Waals surface area (Å²) >= 11 is 0. The normalized spacial score (nSPS) is 13.9. The monoisotopic (exact) mass is 530 g/mol. The van der Waals surface area contributed by atoms with E-state index in [2.05, 4.69) is 68.2 Å². The fourth-order valence-corrected chi connectivity index (χ4v) is 3.70. The average Bonchev–Trinajstić information content (AvgIpc) is 2.83. The van der Waals surface area contributed by atoms with Gasteiger partial charge in [-0.25, -0.2) is 0 Å². The highest BCUT2D eigenvalue weighted by atomic mass is 19.4. The largest absolute Gasteiger partial charge is 0.414 e. The molecule has 0 bridgehead atoms. The van der Waals surface area contributed by atoms with E-state index >= 15 is 0 Å². The van der Waals surface area contributed by atoms with E-state index in [0.717, 1.165) is 25.9 Å². The fraction of sp³-hybridized carbons (Fsp3) is 0.933. The van der Waals surface area contributed by atoms with Gasteiger partial charge >= 0.3 is 6.18 Å². The minimum absolute atomic E-state index is 0.334. The molecular weight excluding hydrogens is 465 g/mol. The first kappa shape index (κ1) is 48.3. The van der Waals surface area contributed by atoms with Crippen LogP contribution < -0.4 is 0 Å². The molecule has 0 amide bonds. The van der Waals surface area contributed by atoms with Crippen LogP contribution in [0.1, 0.15) is 129 Å². The van der Waals surface area contributed by atoms with E-state index in [9.17, 15) is 13.2 Å². The Hall–Kier alpha value is -0.770. The van der Waals surface area contributed by atoms with Crippen LogP contribution in [0.3, 0.4) is 0 Å². The lowest BCUT2D eigenvalue weighted by Crippen LogP contribution is -2.40. The van der Waals surface area contributed by atoms with Gasteiger partial charge in [0.05, 0.1) is 0 Å². The first-order valence-electron chi connectivity index (χ1n) is 13.7. The molecule has 0 spiro atoms. The molecule has 0 aliphatic rings. The topological polar surface area (TPSA) is 60.7 Å². The summed E-state index contributed by atoms with van der Waals surface area (Å²) in [5, 5.41) is 23.8. The zero-order valence-electron chi connectivity index (χ0n) is 26.4. The molecule has 0 aromatic rings. The number of hydrogen-bond acceptors (Lipinski definition) is 3. The van der Waals surface area contributed by atoms with Crippen LogP contribution in [-0.2, 0) is 0 Å². The molecule has 0 heterocycles. The molecule has 36 heavy (non-hydrogen) atoms. The van der Waals surface area contributed by atoms with Gasteiger partial charge in [0, 0.05) is 13.7 Å². The molecule has 0 aliphatic carbocycles. The zero-order chi connectivity index (χ0) is 30.8. The number of aliphatic hydroxyl groups is 3. The Morgan fingerprint density at radius 2 is 1.08 bits per heavy atom. The molecular formula is C30H65F3O3. The minimum atomic E-state index is -4.44. The van der Waals surface area contributed by atoms with Crippen LogP contribution in [0.5, 0.6) is 0 Å². The van der Waals surface area contributed by atoms with E-state index < -0.39 is 12.3 Å². The second-order valence-corrected chi connectivity index (χ2v) is 10.1. The van der Waals surface area contributed by atoms with Crippen molar-refractivity contribution >= 4 is 0 Å². The Morgan fingerprint density at radius 3 is 1.33 bits per heavy atom. The summed E-state index contributed by atoms with van der Waals surface area (Å²) in [5.41, 5.74) is 0.767. The van der Waals surface area contributed by atoms with Crippen LogP contribution >= 0.6 is 0 Å². The van der Waals surface area contributed by atoms with Crippen molar-refractivity contribution in [2.24, 2.45) is 28.6 Å². The van der Waals surface area contributed by atoms with Gasteiger partial charge in [0.1, 0.15) is 6.10 Å². The lowest BCUT2D eigenvalue weighted by molar-refractivity contribution is -0.197. The van der Waals surface area contributed by atoms with Gasteiger partial charge in [0.2, 0.25) is 0 Å². The molecule has 0 saturated carbocycles. The first-order valence-corrected chi connectivity index (χ1v) is 13.7. The van der Waals surface area contributed by atoms with Crippen molar-refractivity contribution in [1.29, 1.82) is 0 Å². The maximum Gasteiger partial charge on any atom is 0.414 e. The van der Waals surface area contributed by atoms with E-state index in [4.69, 9.17) is 15.3 Å². The predicted octanol–water partition coefficient (Wildman–Crippen LogP) is 9.14. The second-order valence-electron chi connectivity index (χ2n) is 10.1. The van der Waals surface area contributed by atoms with Gasteiger partial charge in [-0.05, 0) is 54.8 Å². The Labute approximate surface area is 224 Å². The van der Waals surface area contributed by atoms with Crippen molar-refractivity contribution in [3.05, 3.63) is 0 Å². The molecule has 2 unspecified atom stereocenters. The smallest absolute Gasteiger partial charge is 0.400 e. The van der Waals surface area contributed by atoms with Gasteiger partial charge < -0.3 is 15.3 Å². The summed E-state index contributed by atoms with van der Waals surface area (Å²) in [5.74, 6) is 2.21. The van der Waals surface area contributed by atoms with Gasteiger partial charge in [0.25, 0.3) is 0 Å². The molecule has 6 heteroatoms. The van der Waals surface area contributed by atoms with Crippen molar-refractivity contribution in [1.82, 2.24) is 0 Å². The van der Waals surface area contributed by atoms with Gasteiger partial charge in [0.15, 0.2) is 0 Å². The summed E-state index contributed by atoms with van der Waals surface area (Å²) in [6.45, 7) is 28.3. The van der Waals surface area contributed by atoms with Crippen molar-refractivity contribution in [3.8, 4) is 12.8 Å². The van der Waals surface area contributed by atoms with E-state index in [1.807, 2.05) is 27.7 Å². The van der Waals surface area contributed by atoms with Gasteiger partial charge in [-0.15, -0.1) is 12.8 Å². The van der Waals surface area contributed by atoms with Crippen LogP contribution in [-0.4, -0.2) is 41.3 Å². The van der Waals surface area contributed by atoms with Gasteiger partial charge in [-0.1, -0.05) is 102 Å².